The summed E-state index contributed by atoms with van der Waals surface area (Å²) in [6, 6.07) is 7.74. The number of hydrogen-bond donors (Lipinski definition) is 3. The maximum Gasteiger partial charge on any atom is 0.191 e. The number of hydrogen-bond acceptors (Lipinski definition) is 5. The zero-order valence-corrected chi connectivity index (χ0v) is 17.7. The predicted molar refractivity (Wildman–Crippen MR) is 112 cm³/mol. The highest BCUT2D eigenvalue weighted by atomic mass is 127. The predicted octanol–water partition coefficient (Wildman–Crippen LogP) is 1.24. The van der Waals surface area contributed by atoms with Gasteiger partial charge in [-0.05, 0) is 31.5 Å². The number of benzene rings is 1. The maximum atomic E-state index is 10.1. The first-order valence-corrected chi connectivity index (χ1v) is 8.31. The average molecular weight is 474 g/mol. The lowest BCUT2D eigenvalue weighted by molar-refractivity contribution is 0.110. The van der Waals surface area contributed by atoms with Crippen LogP contribution in [0.3, 0.4) is 0 Å². The quantitative estimate of drug-likeness (QED) is 0.303. The van der Waals surface area contributed by atoms with Gasteiger partial charge in [-0.3, -0.25) is 4.68 Å². The van der Waals surface area contributed by atoms with Crippen molar-refractivity contribution in [3.05, 3.63) is 42.0 Å². The Kier molecular flexibility index (Phi) is 9.96. The Morgan fingerprint density at radius 2 is 2.19 bits per heavy atom. The van der Waals surface area contributed by atoms with Gasteiger partial charge in [0.15, 0.2) is 5.96 Å². The smallest absolute Gasteiger partial charge is 0.191 e. The Morgan fingerprint density at radius 1 is 1.38 bits per heavy atom. The minimum atomic E-state index is -0.654. The fraction of sp³-hybridized carbons (Fsp3) is 0.471. The third-order valence-corrected chi connectivity index (χ3v) is 3.47. The van der Waals surface area contributed by atoms with Gasteiger partial charge in [-0.25, -0.2) is 9.98 Å². The van der Waals surface area contributed by atoms with E-state index in [2.05, 4.69) is 25.7 Å². The molecule has 9 heteroatoms. The fourth-order valence-electron chi connectivity index (χ4n) is 2.13. The van der Waals surface area contributed by atoms with Crippen LogP contribution < -0.4 is 15.4 Å². The van der Waals surface area contributed by atoms with Gasteiger partial charge in [0.25, 0.3) is 0 Å². The van der Waals surface area contributed by atoms with Crippen molar-refractivity contribution in [3.8, 4) is 5.75 Å². The van der Waals surface area contributed by atoms with Crippen LogP contribution in [0.25, 0.3) is 0 Å². The number of ether oxygens (including phenoxy) is 1. The molecule has 0 saturated heterocycles. The molecule has 0 amide bonds. The summed E-state index contributed by atoms with van der Waals surface area (Å²) >= 11 is 0. The molecular formula is C17H27IN6O2. The van der Waals surface area contributed by atoms with Crippen molar-refractivity contribution < 1.29 is 9.84 Å². The molecule has 0 fully saturated rings. The van der Waals surface area contributed by atoms with Gasteiger partial charge < -0.3 is 20.5 Å². The van der Waals surface area contributed by atoms with Gasteiger partial charge in [0, 0.05) is 20.1 Å². The number of aromatic nitrogens is 3. The van der Waals surface area contributed by atoms with Gasteiger partial charge in [-0.1, -0.05) is 12.1 Å². The van der Waals surface area contributed by atoms with E-state index in [1.54, 1.807) is 4.68 Å². The molecule has 1 unspecified atom stereocenters. The van der Waals surface area contributed by atoms with Crippen LogP contribution in [0.5, 0.6) is 5.75 Å². The number of aliphatic hydroxyl groups is 1. The van der Waals surface area contributed by atoms with Gasteiger partial charge in [-0.15, -0.1) is 24.0 Å². The molecule has 0 saturated carbocycles. The summed E-state index contributed by atoms with van der Waals surface area (Å²) in [6.07, 6.45) is 0.844. The molecule has 0 aliphatic carbocycles. The minimum Gasteiger partial charge on any atom is -0.491 e. The van der Waals surface area contributed by atoms with E-state index in [0.29, 0.717) is 19.0 Å². The molecule has 0 aliphatic rings. The molecule has 2 rings (SSSR count). The Balaban J connectivity index is 0.00000338. The second-order valence-corrected chi connectivity index (χ2v) is 5.66. The van der Waals surface area contributed by atoms with Crippen molar-refractivity contribution in [2.45, 2.75) is 26.5 Å². The molecule has 1 aromatic carbocycles. The number of rotatable bonds is 8. The first-order valence-electron chi connectivity index (χ1n) is 8.31. The lowest BCUT2D eigenvalue weighted by Gasteiger charge is -2.16. The molecule has 144 valence electrons. The number of aliphatic imine (C=N–C) groups is 1. The molecule has 1 heterocycles. The van der Waals surface area contributed by atoms with Gasteiger partial charge in [0.05, 0.1) is 0 Å². The van der Waals surface area contributed by atoms with Gasteiger partial charge in [0.1, 0.15) is 37.2 Å². The first-order chi connectivity index (χ1) is 12.1. The highest BCUT2D eigenvalue weighted by molar-refractivity contribution is 14.0. The second kappa shape index (κ2) is 11.7. The van der Waals surface area contributed by atoms with Gasteiger partial charge in [-0.2, -0.15) is 5.10 Å². The Labute approximate surface area is 171 Å². The summed E-state index contributed by atoms with van der Waals surface area (Å²) in [5.41, 5.74) is 1.12. The summed E-state index contributed by atoms with van der Waals surface area (Å²) < 4.78 is 7.28. The zero-order valence-electron chi connectivity index (χ0n) is 15.3. The molecule has 3 N–H and O–H groups in total. The van der Waals surface area contributed by atoms with Gasteiger partial charge >= 0.3 is 0 Å². The van der Waals surface area contributed by atoms with Crippen molar-refractivity contribution in [3.63, 3.8) is 0 Å². The van der Waals surface area contributed by atoms with Gasteiger partial charge in [0.2, 0.25) is 0 Å². The summed E-state index contributed by atoms with van der Waals surface area (Å²) in [5.74, 6) is 2.13. The van der Waals surface area contributed by atoms with E-state index in [1.807, 2.05) is 45.2 Å². The molecule has 0 radical (unpaired) electrons. The minimum absolute atomic E-state index is 0. The Bertz CT molecular complexity index is 691. The topological polar surface area (TPSA) is 96.6 Å². The number of halogens is 1. The van der Waals surface area contributed by atoms with E-state index in [4.69, 9.17) is 4.74 Å². The number of nitrogens with zero attached hydrogens (tertiary/aromatic N) is 4. The van der Waals surface area contributed by atoms with E-state index in [1.165, 1.54) is 6.33 Å². The molecule has 26 heavy (non-hydrogen) atoms. The standard InChI is InChI=1S/C17H26N6O2.HI/c1-4-18-17(20-10-16-21-12-22-23(16)3)19-9-14(24)11-25-15-7-5-6-13(2)8-15;/h5-8,12,14,24H,4,9-11H2,1-3H3,(H2,18,19,20);1H. The third-order valence-electron chi connectivity index (χ3n) is 3.47. The van der Waals surface area contributed by atoms with E-state index >= 15 is 0 Å². The SMILES string of the molecule is CCNC(=NCc1ncnn1C)NCC(O)COc1cccc(C)c1.I. The van der Waals surface area contributed by atoms with E-state index in [0.717, 1.165) is 23.7 Å². The number of guanidine groups is 1. The van der Waals surface area contributed by atoms with Crippen LogP contribution in [0.15, 0.2) is 35.6 Å². The van der Waals surface area contributed by atoms with Crippen LogP contribution in [0.2, 0.25) is 0 Å². The summed E-state index contributed by atoms with van der Waals surface area (Å²) in [5, 5.41) is 20.3. The second-order valence-electron chi connectivity index (χ2n) is 5.66. The van der Waals surface area contributed by atoms with Crippen LogP contribution in [0.1, 0.15) is 18.3 Å². The van der Waals surface area contributed by atoms with Crippen molar-refractivity contribution in [2.24, 2.45) is 12.0 Å². The van der Waals surface area contributed by atoms with Crippen molar-refractivity contribution in [1.29, 1.82) is 0 Å². The van der Waals surface area contributed by atoms with Crippen molar-refractivity contribution >= 4 is 29.9 Å². The molecule has 0 bridgehead atoms. The third kappa shape index (κ3) is 7.56. The molecule has 1 aromatic heterocycles. The van der Waals surface area contributed by atoms with E-state index < -0.39 is 6.10 Å². The monoisotopic (exact) mass is 474 g/mol. The van der Waals surface area contributed by atoms with Crippen molar-refractivity contribution in [1.82, 2.24) is 25.4 Å². The zero-order chi connectivity index (χ0) is 18.1. The molecular weight excluding hydrogens is 447 g/mol. The van der Waals surface area contributed by atoms with E-state index in [9.17, 15) is 5.11 Å². The average Bonchev–Trinajstić information content (AvgIpc) is 3.00. The van der Waals surface area contributed by atoms with Crippen LogP contribution in [0.4, 0.5) is 0 Å². The maximum absolute atomic E-state index is 10.1. The molecule has 1 atom stereocenters. The molecule has 0 spiro atoms. The number of aryl methyl sites for hydroxylation is 2. The summed E-state index contributed by atoms with van der Waals surface area (Å²) in [7, 11) is 1.82. The van der Waals surface area contributed by atoms with Crippen LogP contribution in [0, 0.1) is 6.92 Å². The van der Waals surface area contributed by atoms with Crippen LogP contribution >= 0.6 is 24.0 Å². The van der Waals surface area contributed by atoms with Crippen molar-refractivity contribution in [2.75, 3.05) is 19.7 Å². The molecule has 0 aliphatic heterocycles. The highest BCUT2D eigenvalue weighted by Gasteiger charge is 2.08. The normalized spacial score (nSPS) is 12.2. The lowest BCUT2D eigenvalue weighted by Crippen LogP contribution is -2.42. The molecule has 8 nitrogen and oxygen atoms in total. The number of aliphatic hydroxyl groups excluding tert-OH is 1. The Hall–Kier alpha value is -1.88. The van der Waals surface area contributed by atoms with Crippen LogP contribution in [-0.2, 0) is 13.6 Å². The first kappa shape index (κ1) is 22.2. The van der Waals surface area contributed by atoms with E-state index in [-0.39, 0.29) is 30.6 Å². The summed E-state index contributed by atoms with van der Waals surface area (Å²) in [4.78, 5) is 8.57. The van der Waals surface area contributed by atoms with Crippen LogP contribution in [-0.4, -0.2) is 51.6 Å². The molecule has 2 aromatic rings. The summed E-state index contributed by atoms with van der Waals surface area (Å²) in [6.45, 7) is 5.65. The fourth-order valence-corrected chi connectivity index (χ4v) is 2.13. The lowest BCUT2D eigenvalue weighted by atomic mass is 10.2. The Morgan fingerprint density at radius 3 is 2.85 bits per heavy atom. The largest absolute Gasteiger partial charge is 0.491 e. The highest BCUT2D eigenvalue weighted by Crippen LogP contribution is 2.12. The number of nitrogens with one attached hydrogen (secondary N) is 2.